The number of para-hydroxylation sites is 1. The third-order valence-corrected chi connectivity index (χ3v) is 7.98. The molecule has 0 N–H and O–H groups in total. The highest BCUT2D eigenvalue weighted by Crippen LogP contribution is 2.41. The van der Waals surface area contributed by atoms with E-state index in [0.29, 0.717) is 11.7 Å². The molecule has 7 heteroatoms. The summed E-state index contributed by atoms with van der Waals surface area (Å²) < 4.78 is 3.87. The van der Waals surface area contributed by atoms with Crippen molar-refractivity contribution in [3.8, 4) is 5.69 Å². The van der Waals surface area contributed by atoms with Gasteiger partial charge in [0, 0.05) is 10.6 Å². The minimum atomic E-state index is 0.0301. The second-order valence-corrected chi connectivity index (χ2v) is 9.85. The van der Waals surface area contributed by atoms with Gasteiger partial charge in [-0.25, -0.2) is 8.97 Å². The number of hydrogen-bond acceptors (Lipinski definition) is 5. The van der Waals surface area contributed by atoms with Gasteiger partial charge < -0.3 is 0 Å². The first-order chi connectivity index (χ1) is 14.2. The van der Waals surface area contributed by atoms with Gasteiger partial charge in [0.1, 0.15) is 4.83 Å². The molecule has 1 aliphatic rings. The van der Waals surface area contributed by atoms with E-state index in [1.54, 1.807) is 27.7 Å². The summed E-state index contributed by atoms with van der Waals surface area (Å²) in [6, 6.07) is 9.82. The van der Waals surface area contributed by atoms with Crippen LogP contribution in [-0.4, -0.2) is 24.9 Å². The number of nitrogens with zero attached hydrogens (tertiary/aromatic N) is 4. The summed E-state index contributed by atoms with van der Waals surface area (Å²) in [6.45, 7) is 4.45. The molecule has 0 spiro atoms. The Labute approximate surface area is 177 Å². The number of aryl methyl sites for hydroxylation is 1. The number of thiophene rings is 1. The molecule has 0 aliphatic heterocycles. The zero-order chi connectivity index (χ0) is 20.0. The van der Waals surface area contributed by atoms with Crippen LogP contribution in [0.3, 0.4) is 0 Å². The summed E-state index contributed by atoms with van der Waals surface area (Å²) in [5, 5.41) is 10.7. The maximum Gasteiger partial charge on any atom is 0.268 e. The molecule has 1 aromatic carbocycles. The lowest BCUT2D eigenvalue weighted by atomic mass is 9.88. The Morgan fingerprint density at radius 2 is 2.07 bits per heavy atom. The molecule has 29 heavy (non-hydrogen) atoms. The molecular weight excluding hydrogens is 400 g/mol. The fraction of sp³-hybridized carbons (Fsp3) is 0.409. The van der Waals surface area contributed by atoms with Crippen molar-refractivity contribution in [3.05, 3.63) is 51.1 Å². The highest BCUT2D eigenvalue weighted by molar-refractivity contribution is 7.99. The Bertz CT molecular complexity index is 1240. The van der Waals surface area contributed by atoms with E-state index in [2.05, 4.69) is 28.4 Å². The monoisotopic (exact) mass is 424 g/mol. The fourth-order valence-corrected chi connectivity index (χ4v) is 6.79. The molecule has 1 atom stereocenters. The first kappa shape index (κ1) is 18.9. The van der Waals surface area contributed by atoms with E-state index < -0.39 is 0 Å². The Morgan fingerprint density at radius 3 is 2.86 bits per heavy atom. The first-order valence-electron chi connectivity index (χ1n) is 10.3. The molecule has 4 aromatic rings. The average molecular weight is 425 g/mol. The summed E-state index contributed by atoms with van der Waals surface area (Å²) in [5.74, 6) is 2.03. The van der Waals surface area contributed by atoms with Gasteiger partial charge in [0.05, 0.1) is 11.1 Å². The number of rotatable bonds is 5. The molecule has 0 unspecified atom stereocenters. The lowest BCUT2D eigenvalue weighted by molar-refractivity contribution is 0.601. The van der Waals surface area contributed by atoms with E-state index in [0.717, 1.165) is 52.5 Å². The number of benzene rings is 1. The van der Waals surface area contributed by atoms with Gasteiger partial charge in [-0.3, -0.25) is 4.79 Å². The number of hydrogen-bond donors (Lipinski definition) is 0. The van der Waals surface area contributed by atoms with Gasteiger partial charge in [0.15, 0.2) is 5.16 Å². The summed E-state index contributed by atoms with van der Waals surface area (Å²) >= 11 is 3.50. The second kappa shape index (κ2) is 7.61. The zero-order valence-electron chi connectivity index (χ0n) is 16.7. The lowest BCUT2D eigenvalue weighted by Crippen LogP contribution is -2.22. The van der Waals surface area contributed by atoms with Gasteiger partial charge in [-0.05, 0) is 49.3 Å². The van der Waals surface area contributed by atoms with E-state index in [4.69, 9.17) is 0 Å². The SMILES string of the molecule is CCCCSc1nnc2n(-c3ccccc3)c(=O)c3c4c(sc3n12)CCC[C@H]4C. The molecule has 0 fully saturated rings. The molecule has 0 saturated heterocycles. The molecule has 3 aromatic heterocycles. The maximum absolute atomic E-state index is 13.8. The standard InChI is InChI=1S/C22H24N4OS2/c1-3-4-13-28-22-24-23-21-25(15-10-6-5-7-11-15)19(27)18-17-14(2)9-8-12-16(17)29-20(18)26(21)22/h5-7,10-11,14H,3-4,8-9,12-13H2,1-2H3/t14-/m1/s1. The Morgan fingerprint density at radius 1 is 1.24 bits per heavy atom. The van der Waals surface area contributed by atoms with Crippen LogP contribution in [0, 0.1) is 0 Å². The predicted octanol–water partition coefficient (Wildman–Crippen LogP) is 5.43. The smallest absolute Gasteiger partial charge is 0.268 e. The van der Waals surface area contributed by atoms with Gasteiger partial charge in [0.2, 0.25) is 5.78 Å². The summed E-state index contributed by atoms with van der Waals surface area (Å²) in [7, 11) is 0. The van der Waals surface area contributed by atoms with Gasteiger partial charge in [0.25, 0.3) is 5.56 Å². The van der Waals surface area contributed by atoms with Crippen LogP contribution in [0.4, 0.5) is 0 Å². The van der Waals surface area contributed by atoms with Crippen molar-refractivity contribution in [1.29, 1.82) is 0 Å². The van der Waals surface area contributed by atoms with Crippen LogP contribution in [-0.2, 0) is 6.42 Å². The van der Waals surface area contributed by atoms with Crippen molar-refractivity contribution >= 4 is 39.1 Å². The van der Waals surface area contributed by atoms with Crippen LogP contribution in [0.2, 0.25) is 0 Å². The topological polar surface area (TPSA) is 52.2 Å². The van der Waals surface area contributed by atoms with Crippen LogP contribution in [0.1, 0.15) is 55.9 Å². The number of aromatic nitrogens is 4. The predicted molar refractivity (Wildman–Crippen MR) is 121 cm³/mol. The van der Waals surface area contributed by atoms with Crippen molar-refractivity contribution in [3.63, 3.8) is 0 Å². The molecule has 150 valence electrons. The van der Waals surface area contributed by atoms with Crippen molar-refractivity contribution in [1.82, 2.24) is 19.2 Å². The Hall–Kier alpha value is -2.12. The lowest BCUT2D eigenvalue weighted by Gasteiger charge is -2.18. The van der Waals surface area contributed by atoms with Crippen LogP contribution < -0.4 is 5.56 Å². The van der Waals surface area contributed by atoms with Crippen molar-refractivity contribution in [2.24, 2.45) is 0 Å². The Balaban J connectivity index is 1.87. The van der Waals surface area contributed by atoms with E-state index in [9.17, 15) is 4.79 Å². The third-order valence-electron chi connectivity index (χ3n) is 5.72. The van der Waals surface area contributed by atoms with Crippen molar-refractivity contribution < 1.29 is 0 Å². The number of fused-ring (bicyclic) bond motifs is 5. The largest absolute Gasteiger partial charge is 0.268 e. The summed E-state index contributed by atoms with van der Waals surface area (Å²) in [4.78, 5) is 16.1. The second-order valence-electron chi connectivity index (χ2n) is 7.71. The van der Waals surface area contributed by atoms with Crippen molar-refractivity contribution in [2.45, 2.75) is 57.0 Å². The molecule has 0 saturated carbocycles. The van der Waals surface area contributed by atoms with Crippen molar-refractivity contribution in [2.75, 3.05) is 5.75 Å². The van der Waals surface area contributed by atoms with E-state index in [1.807, 2.05) is 30.3 Å². The van der Waals surface area contributed by atoms with E-state index in [-0.39, 0.29) is 5.56 Å². The molecule has 1 aliphatic carbocycles. The summed E-state index contributed by atoms with van der Waals surface area (Å²) in [5.41, 5.74) is 2.12. The molecule has 0 bridgehead atoms. The third kappa shape index (κ3) is 3.02. The average Bonchev–Trinajstić information content (AvgIpc) is 3.32. The van der Waals surface area contributed by atoms with E-state index in [1.165, 1.54) is 16.9 Å². The molecule has 3 heterocycles. The molecular formula is C22H24N4OS2. The molecule has 0 amide bonds. The quantitative estimate of drug-likeness (QED) is 0.317. The minimum absolute atomic E-state index is 0.0301. The van der Waals surface area contributed by atoms with Crippen LogP contribution in [0.5, 0.6) is 0 Å². The maximum atomic E-state index is 13.8. The molecule has 0 radical (unpaired) electrons. The number of thioether (sulfide) groups is 1. The Kier molecular flexibility index (Phi) is 4.95. The van der Waals surface area contributed by atoms with Crippen LogP contribution in [0.15, 0.2) is 40.3 Å². The van der Waals surface area contributed by atoms with E-state index >= 15 is 0 Å². The van der Waals surface area contributed by atoms with Gasteiger partial charge in [-0.15, -0.1) is 21.5 Å². The zero-order valence-corrected chi connectivity index (χ0v) is 18.4. The van der Waals surface area contributed by atoms with Gasteiger partial charge >= 0.3 is 0 Å². The highest BCUT2D eigenvalue weighted by atomic mass is 32.2. The minimum Gasteiger partial charge on any atom is -0.268 e. The fourth-order valence-electron chi connectivity index (χ4n) is 4.26. The highest BCUT2D eigenvalue weighted by Gasteiger charge is 2.28. The first-order valence-corrected chi connectivity index (χ1v) is 12.1. The van der Waals surface area contributed by atoms with Gasteiger partial charge in [-0.1, -0.05) is 50.2 Å². The molecule has 5 rings (SSSR count). The van der Waals surface area contributed by atoms with Crippen LogP contribution >= 0.6 is 23.1 Å². The van der Waals surface area contributed by atoms with Crippen LogP contribution in [0.25, 0.3) is 21.7 Å². The van der Waals surface area contributed by atoms with Gasteiger partial charge in [-0.2, -0.15) is 0 Å². The summed E-state index contributed by atoms with van der Waals surface area (Å²) in [6.07, 6.45) is 5.68. The number of unbranched alkanes of at least 4 members (excludes halogenated alkanes) is 1. The normalized spacial score (nSPS) is 16.6. The molecule has 5 nitrogen and oxygen atoms in total.